The number of pyridine rings is 1. The predicted molar refractivity (Wildman–Crippen MR) is 52.9 cm³/mol. The normalized spacial score (nSPS) is 15.5. The lowest BCUT2D eigenvalue weighted by Gasteiger charge is -2.23. The van der Waals surface area contributed by atoms with E-state index in [4.69, 9.17) is 34.0 Å². The number of nitrogens with two attached hydrogens (primary N) is 1. The van der Waals surface area contributed by atoms with Gasteiger partial charge in [-0.05, 0) is 18.6 Å². The summed E-state index contributed by atoms with van der Waals surface area (Å²) in [5, 5.41) is 9.73. The van der Waals surface area contributed by atoms with E-state index in [-0.39, 0.29) is 6.61 Å². The van der Waals surface area contributed by atoms with E-state index in [9.17, 15) is 0 Å². The van der Waals surface area contributed by atoms with Gasteiger partial charge in [0, 0.05) is 6.20 Å². The Morgan fingerprint density at radius 1 is 1.62 bits per heavy atom. The third-order valence-electron chi connectivity index (χ3n) is 1.77. The summed E-state index contributed by atoms with van der Waals surface area (Å²) in [5.41, 5.74) is 5.50. The molecule has 3 N–H and O–H groups in total. The van der Waals surface area contributed by atoms with Gasteiger partial charge in [-0.3, -0.25) is 0 Å². The van der Waals surface area contributed by atoms with Gasteiger partial charge in [-0.2, -0.15) is 0 Å². The van der Waals surface area contributed by atoms with Gasteiger partial charge >= 0.3 is 0 Å². The highest BCUT2D eigenvalue weighted by Gasteiger charge is 2.23. The molecule has 13 heavy (non-hydrogen) atoms. The van der Waals surface area contributed by atoms with E-state index in [1.54, 1.807) is 13.0 Å². The van der Waals surface area contributed by atoms with E-state index in [1.165, 1.54) is 6.20 Å². The van der Waals surface area contributed by atoms with E-state index in [0.29, 0.717) is 15.7 Å². The van der Waals surface area contributed by atoms with Crippen molar-refractivity contribution < 1.29 is 5.11 Å². The predicted octanol–water partition coefficient (Wildman–Crippen LogP) is 1.55. The SMILES string of the molecule is CC(N)(CO)c1cc(Cl)ncc1Cl. The Morgan fingerprint density at radius 3 is 2.77 bits per heavy atom. The molecule has 5 heteroatoms. The molecule has 0 aliphatic rings. The minimum atomic E-state index is -0.885. The van der Waals surface area contributed by atoms with Crippen LogP contribution in [-0.2, 0) is 5.54 Å². The van der Waals surface area contributed by atoms with Crippen LogP contribution in [0.1, 0.15) is 12.5 Å². The molecule has 0 aromatic carbocycles. The highest BCUT2D eigenvalue weighted by molar-refractivity contribution is 6.32. The number of rotatable bonds is 2. The molecule has 1 aromatic heterocycles. The summed E-state index contributed by atoms with van der Waals surface area (Å²) in [5.74, 6) is 0. The summed E-state index contributed by atoms with van der Waals surface area (Å²) in [7, 11) is 0. The van der Waals surface area contributed by atoms with Gasteiger partial charge in [-0.15, -0.1) is 0 Å². The highest BCUT2D eigenvalue weighted by atomic mass is 35.5. The first-order valence-corrected chi connectivity index (χ1v) is 4.44. The first-order chi connectivity index (χ1) is 5.97. The molecule has 0 bridgehead atoms. The van der Waals surface area contributed by atoms with Crippen molar-refractivity contribution in [1.82, 2.24) is 4.98 Å². The third kappa shape index (κ3) is 2.31. The van der Waals surface area contributed by atoms with Crippen LogP contribution in [0.4, 0.5) is 0 Å². The van der Waals surface area contributed by atoms with Crippen LogP contribution >= 0.6 is 23.2 Å². The molecule has 1 rings (SSSR count). The first-order valence-electron chi connectivity index (χ1n) is 3.68. The fourth-order valence-corrected chi connectivity index (χ4v) is 1.41. The van der Waals surface area contributed by atoms with E-state index in [1.807, 2.05) is 0 Å². The van der Waals surface area contributed by atoms with Gasteiger partial charge in [0.15, 0.2) is 0 Å². The van der Waals surface area contributed by atoms with Gasteiger partial charge in [-0.1, -0.05) is 23.2 Å². The van der Waals surface area contributed by atoms with Crippen molar-refractivity contribution in [2.24, 2.45) is 5.73 Å². The van der Waals surface area contributed by atoms with Crippen molar-refractivity contribution in [3.8, 4) is 0 Å². The monoisotopic (exact) mass is 220 g/mol. The standard InChI is InChI=1S/C8H10Cl2N2O/c1-8(11,4-13)5-2-7(10)12-3-6(5)9/h2-3,13H,4,11H2,1H3. The molecule has 0 saturated carbocycles. The molecule has 0 spiro atoms. The van der Waals surface area contributed by atoms with E-state index in [0.717, 1.165) is 0 Å². The number of nitrogens with zero attached hydrogens (tertiary/aromatic N) is 1. The van der Waals surface area contributed by atoms with E-state index in [2.05, 4.69) is 4.98 Å². The zero-order valence-corrected chi connectivity index (χ0v) is 8.60. The molecule has 0 fully saturated rings. The summed E-state index contributed by atoms with van der Waals surface area (Å²) in [6, 6.07) is 1.56. The van der Waals surface area contributed by atoms with E-state index >= 15 is 0 Å². The van der Waals surface area contributed by atoms with Crippen LogP contribution in [0.3, 0.4) is 0 Å². The maximum Gasteiger partial charge on any atom is 0.129 e. The lowest BCUT2D eigenvalue weighted by molar-refractivity contribution is 0.210. The van der Waals surface area contributed by atoms with Crippen LogP contribution in [0.15, 0.2) is 12.3 Å². The second-order valence-corrected chi connectivity index (χ2v) is 3.86. The molecule has 0 aliphatic heterocycles. The summed E-state index contributed by atoms with van der Waals surface area (Å²) >= 11 is 11.5. The van der Waals surface area contributed by atoms with Crippen molar-refractivity contribution in [3.63, 3.8) is 0 Å². The average Bonchev–Trinajstić information content (AvgIpc) is 2.09. The summed E-state index contributed by atoms with van der Waals surface area (Å²) < 4.78 is 0. The van der Waals surface area contributed by atoms with Gasteiger partial charge < -0.3 is 10.8 Å². The zero-order valence-electron chi connectivity index (χ0n) is 7.09. The first kappa shape index (κ1) is 10.7. The van der Waals surface area contributed by atoms with Crippen LogP contribution in [0.5, 0.6) is 0 Å². The Kier molecular flexibility index (Phi) is 3.14. The van der Waals surface area contributed by atoms with Crippen molar-refractivity contribution in [1.29, 1.82) is 0 Å². The molecular formula is C8H10Cl2N2O. The van der Waals surface area contributed by atoms with Crippen molar-refractivity contribution in [2.45, 2.75) is 12.5 Å². The van der Waals surface area contributed by atoms with Crippen LogP contribution in [0.25, 0.3) is 0 Å². The lowest BCUT2D eigenvalue weighted by Crippen LogP contribution is -2.37. The number of halogens is 2. The van der Waals surface area contributed by atoms with Crippen molar-refractivity contribution in [3.05, 3.63) is 28.0 Å². The Labute approximate surface area is 86.5 Å². The largest absolute Gasteiger partial charge is 0.394 e. The Balaban J connectivity index is 3.20. The Morgan fingerprint density at radius 2 is 2.23 bits per heavy atom. The molecular weight excluding hydrogens is 211 g/mol. The molecule has 1 heterocycles. The number of aromatic nitrogens is 1. The molecule has 0 radical (unpaired) electrons. The topological polar surface area (TPSA) is 59.1 Å². The Hall–Kier alpha value is -0.350. The van der Waals surface area contributed by atoms with Crippen LogP contribution in [0.2, 0.25) is 10.2 Å². The zero-order chi connectivity index (χ0) is 10.1. The van der Waals surface area contributed by atoms with Gasteiger partial charge in [0.05, 0.1) is 17.2 Å². The summed E-state index contributed by atoms with van der Waals surface area (Å²) in [6.07, 6.45) is 1.42. The molecule has 72 valence electrons. The number of hydrogen-bond acceptors (Lipinski definition) is 3. The fourth-order valence-electron chi connectivity index (χ4n) is 0.936. The lowest BCUT2D eigenvalue weighted by atomic mass is 9.95. The van der Waals surface area contributed by atoms with Crippen LogP contribution in [0, 0.1) is 0 Å². The summed E-state index contributed by atoms with van der Waals surface area (Å²) in [4.78, 5) is 3.78. The molecule has 0 saturated heterocycles. The molecule has 1 aromatic rings. The van der Waals surface area contributed by atoms with Gasteiger partial charge in [0.25, 0.3) is 0 Å². The maximum atomic E-state index is 9.02. The third-order valence-corrected chi connectivity index (χ3v) is 2.27. The number of aliphatic hydroxyl groups is 1. The molecule has 1 atom stereocenters. The fraction of sp³-hybridized carbons (Fsp3) is 0.375. The minimum Gasteiger partial charge on any atom is -0.394 e. The van der Waals surface area contributed by atoms with Gasteiger partial charge in [0.1, 0.15) is 5.15 Å². The quantitative estimate of drug-likeness (QED) is 0.745. The minimum absolute atomic E-state index is 0.201. The second-order valence-electron chi connectivity index (χ2n) is 3.06. The smallest absolute Gasteiger partial charge is 0.129 e. The maximum absolute atomic E-state index is 9.02. The second kappa shape index (κ2) is 3.80. The molecule has 0 aliphatic carbocycles. The number of hydrogen-bond donors (Lipinski definition) is 2. The van der Waals surface area contributed by atoms with Gasteiger partial charge in [-0.25, -0.2) is 4.98 Å². The molecule has 3 nitrogen and oxygen atoms in total. The number of aliphatic hydroxyl groups excluding tert-OH is 1. The highest BCUT2D eigenvalue weighted by Crippen LogP contribution is 2.26. The van der Waals surface area contributed by atoms with Gasteiger partial charge in [0.2, 0.25) is 0 Å². The molecule has 1 unspecified atom stereocenters. The van der Waals surface area contributed by atoms with Crippen molar-refractivity contribution >= 4 is 23.2 Å². The van der Waals surface area contributed by atoms with E-state index < -0.39 is 5.54 Å². The molecule has 0 amide bonds. The van der Waals surface area contributed by atoms with Crippen molar-refractivity contribution in [2.75, 3.05) is 6.61 Å². The Bertz CT molecular complexity index is 315. The summed E-state index contributed by atoms with van der Waals surface area (Å²) in [6.45, 7) is 1.47. The van der Waals surface area contributed by atoms with Crippen LogP contribution < -0.4 is 5.73 Å². The average molecular weight is 221 g/mol. The van der Waals surface area contributed by atoms with Crippen LogP contribution in [-0.4, -0.2) is 16.7 Å².